The highest BCUT2D eigenvalue weighted by Crippen LogP contribution is 2.21. The van der Waals surface area contributed by atoms with Gasteiger partial charge in [-0.25, -0.2) is 0 Å². The first-order valence-corrected chi connectivity index (χ1v) is 5.67. The van der Waals surface area contributed by atoms with Crippen LogP contribution in [0.5, 0.6) is 0 Å². The Morgan fingerprint density at radius 1 is 1.25 bits per heavy atom. The number of hydrogen-bond donors (Lipinski definition) is 1. The van der Waals surface area contributed by atoms with Crippen LogP contribution in [0, 0.1) is 17.2 Å². The van der Waals surface area contributed by atoms with Crippen LogP contribution < -0.4 is 5.43 Å². The molecule has 0 bridgehead atoms. The summed E-state index contributed by atoms with van der Waals surface area (Å²) >= 11 is 0. The number of rotatable bonds is 2. The van der Waals surface area contributed by atoms with Crippen LogP contribution in [-0.4, -0.2) is 5.71 Å². The van der Waals surface area contributed by atoms with Crippen LogP contribution in [0.3, 0.4) is 0 Å². The van der Waals surface area contributed by atoms with Crippen molar-refractivity contribution in [2.24, 2.45) is 11.0 Å². The van der Waals surface area contributed by atoms with Crippen molar-refractivity contribution in [2.75, 3.05) is 5.43 Å². The molecule has 1 unspecified atom stereocenters. The van der Waals surface area contributed by atoms with Crippen molar-refractivity contribution in [3.05, 3.63) is 30.3 Å². The van der Waals surface area contributed by atoms with E-state index in [-0.39, 0.29) is 5.92 Å². The van der Waals surface area contributed by atoms with E-state index in [2.05, 4.69) is 16.6 Å². The molecular weight excluding hydrogens is 198 g/mol. The molecule has 16 heavy (non-hydrogen) atoms. The maximum atomic E-state index is 9.00. The van der Waals surface area contributed by atoms with Crippen LogP contribution >= 0.6 is 0 Å². The molecule has 3 nitrogen and oxygen atoms in total. The third-order valence-electron chi connectivity index (χ3n) is 2.84. The molecule has 1 N–H and O–H groups in total. The summed E-state index contributed by atoms with van der Waals surface area (Å²) in [6.07, 6.45) is 4.18. The molecule has 1 aromatic carbocycles. The number of nitrogens with one attached hydrogen (secondary N) is 1. The van der Waals surface area contributed by atoms with E-state index in [4.69, 9.17) is 5.26 Å². The summed E-state index contributed by atoms with van der Waals surface area (Å²) in [7, 11) is 0. The molecule has 1 atom stereocenters. The van der Waals surface area contributed by atoms with E-state index < -0.39 is 0 Å². The molecule has 2 rings (SSSR count). The molecule has 1 aliphatic rings. The summed E-state index contributed by atoms with van der Waals surface area (Å²) in [5.41, 5.74) is 4.98. The highest BCUT2D eigenvalue weighted by Gasteiger charge is 2.19. The number of hydrogen-bond acceptors (Lipinski definition) is 3. The first-order chi connectivity index (χ1) is 7.90. The molecule has 1 aromatic rings. The van der Waals surface area contributed by atoms with E-state index in [0.29, 0.717) is 0 Å². The zero-order valence-electron chi connectivity index (χ0n) is 9.19. The van der Waals surface area contributed by atoms with Crippen LogP contribution in [0.25, 0.3) is 0 Å². The Morgan fingerprint density at radius 3 is 2.81 bits per heavy atom. The maximum Gasteiger partial charge on any atom is 0.0863 e. The Balaban J connectivity index is 2.03. The van der Waals surface area contributed by atoms with Gasteiger partial charge in [0, 0.05) is 0 Å². The lowest BCUT2D eigenvalue weighted by Crippen LogP contribution is -2.18. The molecule has 0 heterocycles. The molecule has 3 heteroatoms. The molecule has 0 aliphatic heterocycles. The zero-order chi connectivity index (χ0) is 11.2. The van der Waals surface area contributed by atoms with Crippen molar-refractivity contribution in [1.29, 1.82) is 5.26 Å². The molecule has 1 saturated carbocycles. The number of para-hydroxylation sites is 1. The van der Waals surface area contributed by atoms with Gasteiger partial charge >= 0.3 is 0 Å². The molecular formula is C13H15N3. The molecule has 0 aromatic heterocycles. The van der Waals surface area contributed by atoms with Crippen molar-refractivity contribution in [2.45, 2.75) is 25.7 Å². The summed E-state index contributed by atoms with van der Waals surface area (Å²) in [6, 6.07) is 12.1. The smallest absolute Gasteiger partial charge is 0.0863 e. The lowest BCUT2D eigenvalue weighted by molar-refractivity contribution is 0.600. The van der Waals surface area contributed by atoms with Gasteiger partial charge in [-0.3, -0.25) is 5.43 Å². The second kappa shape index (κ2) is 5.32. The monoisotopic (exact) mass is 213 g/mol. The van der Waals surface area contributed by atoms with Crippen molar-refractivity contribution >= 4 is 11.4 Å². The van der Waals surface area contributed by atoms with Crippen molar-refractivity contribution < 1.29 is 0 Å². The first-order valence-electron chi connectivity index (χ1n) is 5.67. The van der Waals surface area contributed by atoms with E-state index >= 15 is 0 Å². The van der Waals surface area contributed by atoms with Gasteiger partial charge < -0.3 is 0 Å². The number of benzene rings is 1. The van der Waals surface area contributed by atoms with Crippen LogP contribution in [0.15, 0.2) is 35.4 Å². The Kier molecular flexibility index (Phi) is 3.55. The minimum atomic E-state index is 0.00459. The van der Waals surface area contributed by atoms with Gasteiger partial charge in [0.1, 0.15) is 0 Å². The van der Waals surface area contributed by atoms with Crippen molar-refractivity contribution in [1.82, 2.24) is 0 Å². The Hall–Kier alpha value is -1.82. The van der Waals surface area contributed by atoms with Gasteiger partial charge in [0.25, 0.3) is 0 Å². The molecule has 82 valence electrons. The van der Waals surface area contributed by atoms with E-state index in [9.17, 15) is 0 Å². The zero-order valence-corrected chi connectivity index (χ0v) is 9.19. The van der Waals surface area contributed by atoms with Crippen LogP contribution in [0.4, 0.5) is 5.69 Å². The van der Waals surface area contributed by atoms with E-state index in [1.807, 2.05) is 30.3 Å². The molecule has 0 amide bonds. The highest BCUT2D eigenvalue weighted by molar-refractivity contribution is 5.89. The van der Waals surface area contributed by atoms with Crippen molar-refractivity contribution in [3.8, 4) is 6.07 Å². The van der Waals surface area contributed by atoms with Crippen LogP contribution in [0.2, 0.25) is 0 Å². The van der Waals surface area contributed by atoms with Crippen LogP contribution in [0.1, 0.15) is 25.7 Å². The number of anilines is 1. The number of nitrogens with zero attached hydrogens (tertiary/aromatic N) is 2. The summed E-state index contributed by atoms with van der Waals surface area (Å²) in [5, 5.41) is 13.3. The third-order valence-corrected chi connectivity index (χ3v) is 2.84. The van der Waals surface area contributed by atoms with Crippen LogP contribution in [-0.2, 0) is 0 Å². The van der Waals surface area contributed by atoms with E-state index in [1.54, 1.807) is 0 Å². The predicted octanol–water partition coefficient (Wildman–Crippen LogP) is 3.17. The fourth-order valence-electron chi connectivity index (χ4n) is 1.92. The second-order valence-corrected chi connectivity index (χ2v) is 4.01. The van der Waals surface area contributed by atoms with E-state index in [1.165, 1.54) is 0 Å². The largest absolute Gasteiger partial charge is 0.279 e. The quantitative estimate of drug-likeness (QED) is 0.767. The number of hydrazone groups is 1. The predicted molar refractivity (Wildman–Crippen MR) is 65.1 cm³/mol. The fourth-order valence-corrected chi connectivity index (χ4v) is 1.92. The lowest BCUT2D eigenvalue weighted by Gasteiger charge is -2.17. The average molecular weight is 213 g/mol. The first kappa shape index (κ1) is 10.7. The topological polar surface area (TPSA) is 48.2 Å². The summed E-state index contributed by atoms with van der Waals surface area (Å²) in [5.74, 6) is 0.00459. The Labute approximate surface area is 95.8 Å². The Bertz CT molecular complexity index is 403. The van der Waals surface area contributed by atoms with Gasteiger partial charge in [-0.05, 0) is 31.4 Å². The fraction of sp³-hybridized carbons (Fsp3) is 0.385. The minimum absolute atomic E-state index is 0.00459. The maximum absolute atomic E-state index is 9.00. The minimum Gasteiger partial charge on any atom is -0.279 e. The van der Waals surface area contributed by atoms with Gasteiger partial charge in [0.2, 0.25) is 0 Å². The van der Waals surface area contributed by atoms with Gasteiger partial charge in [-0.1, -0.05) is 24.6 Å². The molecule has 0 spiro atoms. The van der Waals surface area contributed by atoms with Gasteiger partial charge in [0.05, 0.1) is 23.4 Å². The summed E-state index contributed by atoms with van der Waals surface area (Å²) in [4.78, 5) is 0. The molecule has 1 fully saturated rings. The van der Waals surface area contributed by atoms with Gasteiger partial charge in [-0.15, -0.1) is 0 Å². The van der Waals surface area contributed by atoms with Crippen molar-refractivity contribution in [3.63, 3.8) is 0 Å². The standard InChI is InChI=1S/C13H15N3/c14-10-11-6-4-5-9-13(11)16-15-12-7-2-1-3-8-12/h1-3,7-8,11,15H,4-6,9H2. The van der Waals surface area contributed by atoms with Gasteiger partial charge in [-0.2, -0.15) is 10.4 Å². The molecule has 0 saturated heterocycles. The third kappa shape index (κ3) is 2.60. The normalized spacial score (nSPS) is 22.7. The molecule has 1 aliphatic carbocycles. The SMILES string of the molecule is N#CC1CCCCC1=NNc1ccccc1. The average Bonchev–Trinajstić information content (AvgIpc) is 2.38. The highest BCUT2D eigenvalue weighted by atomic mass is 15.3. The van der Waals surface area contributed by atoms with E-state index in [0.717, 1.165) is 37.1 Å². The summed E-state index contributed by atoms with van der Waals surface area (Å²) < 4.78 is 0. The number of nitriles is 1. The molecule has 0 radical (unpaired) electrons. The second-order valence-electron chi connectivity index (χ2n) is 4.01. The Morgan fingerprint density at radius 2 is 2.06 bits per heavy atom. The van der Waals surface area contributed by atoms with Gasteiger partial charge in [0.15, 0.2) is 0 Å². The summed E-state index contributed by atoms with van der Waals surface area (Å²) in [6.45, 7) is 0. The lowest BCUT2D eigenvalue weighted by atomic mass is 9.88.